The van der Waals surface area contributed by atoms with Crippen molar-refractivity contribution in [2.24, 2.45) is 0 Å². The van der Waals surface area contributed by atoms with E-state index < -0.39 is 0 Å². The Kier molecular flexibility index (Phi) is 8.47. The van der Waals surface area contributed by atoms with Crippen molar-refractivity contribution in [2.45, 2.75) is 50.9 Å². The number of rotatable bonds is 10. The van der Waals surface area contributed by atoms with Crippen LogP contribution in [0.25, 0.3) is 0 Å². The Morgan fingerprint density at radius 2 is 1.75 bits per heavy atom. The van der Waals surface area contributed by atoms with Gasteiger partial charge in [0.25, 0.3) is 0 Å². The smallest absolute Gasteiger partial charge is 0.234 e. The highest BCUT2D eigenvalue weighted by molar-refractivity contribution is 7.99. The average Bonchev–Trinajstić information content (AvgIpc) is 3.19. The third kappa shape index (κ3) is 6.20. The monoisotopic (exact) mass is 452 g/mol. The number of thioether (sulfide) groups is 1. The van der Waals surface area contributed by atoms with Gasteiger partial charge in [0.15, 0.2) is 11.0 Å². The fourth-order valence-electron chi connectivity index (χ4n) is 3.36. The van der Waals surface area contributed by atoms with Gasteiger partial charge in [-0.3, -0.25) is 9.36 Å². The van der Waals surface area contributed by atoms with E-state index in [0.717, 1.165) is 23.1 Å². The van der Waals surface area contributed by atoms with E-state index in [1.54, 1.807) is 0 Å². The Morgan fingerprint density at radius 1 is 1.06 bits per heavy atom. The minimum Gasteiger partial charge on any atom is -0.331 e. The maximum absolute atomic E-state index is 12.6. The molecule has 0 radical (unpaired) electrons. The van der Waals surface area contributed by atoms with Crippen LogP contribution in [0.1, 0.15) is 56.1 Å². The average molecular weight is 453 g/mol. The molecule has 0 aliphatic heterocycles. The second kappa shape index (κ2) is 11.3. The minimum atomic E-state index is -0.0478. The van der Waals surface area contributed by atoms with Crippen molar-refractivity contribution in [2.75, 3.05) is 25.2 Å². The second-order valence-electron chi connectivity index (χ2n) is 8.48. The molecule has 2 aromatic carbocycles. The van der Waals surface area contributed by atoms with Crippen LogP contribution in [0.4, 0.5) is 5.69 Å². The number of anilines is 1. The molecular formula is C25H34N5OS+. The number of carbonyl (C=O) groups excluding carboxylic acids is 1. The van der Waals surface area contributed by atoms with E-state index in [1.807, 2.05) is 30.3 Å². The number of nitrogens with one attached hydrogen (secondary N) is 2. The molecule has 1 amide bonds. The Morgan fingerprint density at radius 3 is 2.38 bits per heavy atom. The third-order valence-electron chi connectivity index (χ3n) is 5.89. The van der Waals surface area contributed by atoms with Crippen LogP contribution in [-0.2, 0) is 11.3 Å². The van der Waals surface area contributed by atoms with Crippen LogP contribution < -0.4 is 10.2 Å². The molecule has 0 saturated carbocycles. The van der Waals surface area contributed by atoms with E-state index in [1.165, 1.54) is 27.8 Å². The summed E-state index contributed by atoms with van der Waals surface area (Å²) in [6.45, 7) is 7.22. The Bertz CT molecular complexity index is 1000. The molecule has 0 spiro atoms. The molecule has 1 heterocycles. The Labute approximate surface area is 195 Å². The van der Waals surface area contributed by atoms with Crippen molar-refractivity contribution in [1.29, 1.82) is 0 Å². The quantitative estimate of drug-likeness (QED) is 0.460. The molecule has 3 aromatic rings. The lowest BCUT2D eigenvalue weighted by Crippen LogP contribution is -3.05. The van der Waals surface area contributed by atoms with Gasteiger partial charge < -0.3 is 10.2 Å². The summed E-state index contributed by atoms with van der Waals surface area (Å²) in [6.07, 6.45) is 1.10. The number of carbonyl (C=O) groups is 1. The molecule has 2 atom stereocenters. The lowest BCUT2D eigenvalue weighted by Gasteiger charge is -2.18. The summed E-state index contributed by atoms with van der Waals surface area (Å²) < 4.78 is 2.13. The maximum Gasteiger partial charge on any atom is 0.234 e. The number of nitrogens with zero attached hydrogens (tertiary/aromatic N) is 3. The van der Waals surface area contributed by atoms with Crippen LogP contribution in [-0.4, -0.2) is 40.5 Å². The number of quaternary nitrogens is 1. The van der Waals surface area contributed by atoms with E-state index >= 15 is 0 Å². The van der Waals surface area contributed by atoms with Gasteiger partial charge in [-0.05, 0) is 42.5 Å². The molecule has 0 aliphatic carbocycles. The molecule has 0 saturated heterocycles. The Balaban J connectivity index is 1.69. The van der Waals surface area contributed by atoms with Crippen molar-refractivity contribution in [3.63, 3.8) is 0 Å². The molecule has 7 heteroatoms. The number of hydrogen-bond donors (Lipinski definition) is 2. The van der Waals surface area contributed by atoms with Gasteiger partial charge in [0, 0.05) is 5.69 Å². The summed E-state index contributed by atoms with van der Waals surface area (Å²) in [5, 5.41) is 12.6. The highest BCUT2D eigenvalue weighted by Gasteiger charge is 2.23. The van der Waals surface area contributed by atoms with E-state index in [0.29, 0.717) is 12.5 Å². The molecule has 3 rings (SSSR count). The van der Waals surface area contributed by atoms with Crippen molar-refractivity contribution in [3.8, 4) is 0 Å². The van der Waals surface area contributed by atoms with Crippen LogP contribution in [0.5, 0.6) is 0 Å². The van der Waals surface area contributed by atoms with Gasteiger partial charge in [-0.1, -0.05) is 68.1 Å². The highest BCUT2D eigenvalue weighted by atomic mass is 32.2. The number of aromatic nitrogens is 3. The predicted molar refractivity (Wildman–Crippen MR) is 131 cm³/mol. The first kappa shape index (κ1) is 24.0. The van der Waals surface area contributed by atoms with E-state index in [2.05, 4.69) is 79.2 Å². The maximum atomic E-state index is 12.6. The summed E-state index contributed by atoms with van der Waals surface area (Å²) >= 11 is 1.42. The summed E-state index contributed by atoms with van der Waals surface area (Å²) in [5.74, 6) is 1.68. The molecule has 2 N–H and O–H groups in total. The van der Waals surface area contributed by atoms with Gasteiger partial charge in [0.1, 0.15) is 6.04 Å². The number of hydrogen-bond acceptors (Lipinski definition) is 4. The van der Waals surface area contributed by atoms with Crippen LogP contribution in [0.3, 0.4) is 0 Å². The summed E-state index contributed by atoms with van der Waals surface area (Å²) in [5.41, 5.74) is 3.29. The summed E-state index contributed by atoms with van der Waals surface area (Å²) in [6, 6.07) is 18.6. The summed E-state index contributed by atoms with van der Waals surface area (Å²) in [7, 11) is 4.22. The molecule has 6 nitrogen and oxygen atoms in total. The molecule has 0 fully saturated rings. The van der Waals surface area contributed by atoms with E-state index in [-0.39, 0.29) is 17.7 Å². The molecule has 32 heavy (non-hydrogen) atoms. The standard InChI is InChI=1S/C25H33N5OS/c1-6-18(2)21-12-14-22(15-13-21)26-23(31)17-32-25-28-27-24(19(3)29(4)5)30(25)16-20-10-8-7-9-11-20/h7-15,18-19H,6,16-17H2,1-5H3,(H,26,31)/p+1/t18-,19+/m1/s1. The van der Waals surface area contributed by atoms with Crippen molar-refractivity contribution >= 4 is 23.4 Å². The molecule has 0 unspecified atom stereocenters. The first-order valence-corrected chi connectivity index (χ1v) is 12.2. The minimum absolute atomic E-state index is 0.0478. The third-order valence-corrected chi connectivity index (χ3v) is 6.86. The van der Waals surface area contributed by atoms with Crippen molar-refractivity contribution < 1.29 is 9.69 Å². The molecule has 0 aliphatic rings. The van der Waals surface area contributed by atoms with Crippen molar-refractivity contribution in [3.05, 3.63) is 71.5 Å². The first-order valence-electron chi connectivity index (χ1n) is 11.2. The molecule has 170 valence electrons. The number of benzene rings is 2. The van der Waals surface area contributed by atoms with Crippen LogP contribution in [0.2, 0.25) is 0 Å². The second-order valence-corrected chi connectivity index (χ2v) is 9.42. The number of amides is 1. The zero-order valence-corrected chi connectivity index (χ0v) is 20.4. The van der Waals surface area contributed by atoms with Gasteiger partial charge in [-0.15, -0.1) is 10.2 Å². The molecule has 1 aromatic heterocycles. The summed E-state index contributed by atoms with van der Waals surface area (Å²) in [4.78, 5) is 13.9. The van der Waals surface area contributed by atoms with Gasteiger partial charge in [-0.25, -0.2) is 0 Å². The predicted octanol–water partition coefficient (Wildman–Crippen LogP) is 3.78. The van der Waals surface area contributed by atoms with Gasteiger partial charge in [0.2, 0.25) is 5.91 Å². The fraction of sp³-hybridized carbons (Fsp3) is 0.400. The SMILES string of the molecule is CC[C@@H](C)c1ccc(NC(=O)CSc2nnc([C@H](C)[NH+](C)C)n2Cc2ccccc2)cc1. The molecule has 0 bridgehead atoms. The van der Waals surface area contributed by atoms with Crippen molar-refractivity contribution in [1.82, 2.24) is 14.8 Å². The fourth-order valence-corrected chi connectivity index (χ4v) is 4.10. The largest absolute Gasteiger partial charge is 0.331 e. The Hall–Kier alpha value is -2.64. The van der Waals surface area contributed by atoms with Crippen LogP contribution in [0, 0.1) is 0 Å². The molecular weight excluding hydrogens is 418 g/mol. The van der Waals surface area contributed by atoms with E-state index in [9.17, 15) is 4.79 Å². The van der Waals surface area contributed by atoms with E-state index in [4.69, 9.17) is 0 Å². The lowest BCUT2D eigenvalue weighted by atomic mass is 9.99. The van der Waals surface area contributed by atoms with Crippen LogP contribution >= 0.6 is 11.8 Å². The highest BCUT2D eigenvalue weighted by Crippen LogP contribution is 2.23. The zero-order chi connectivity index (χ0) is 23.1. The lowest BCUT2D eigenvalue weighted by molar-refractivity contribution is -0.890. The van der Waals surface area contributed by atoms with Gasteiger partial charge >= 0.3 is 0 Å². The zero-order valence-electron chi connectivity index (χ0n) is 19.6. The van der Waals surface area contributed by atoms with Gasteiger partial charge in [0.05, 0.1) is 26.4 Å². The first-order chi connectivity index (χ1) is 15.4. The van der Waals surface area contributed by atoms with Crippen LogP contribution in [0.15, 0.2) is 59.8 Å². The van der Waals surface area contributed by atoms with Gasteiger partial charge in [-0.2, -0.15) is 0 Å². The normalized spacial score (nSPS) is 13.2. The topological polar surface area (TPSA) is 64.2 Å².